The van der Waals surface area contributed by atoms with Crippen LogP contribution in [0, 0.1) is 43.9 Å². The Balaban J connectivity index is 0.00000217. The van der Waals surface area contributed by atoms with Crippen molar-refractivity contribution >= 4 is 22.7 Å². The van der Waals surface area contributed by atoms with Gasteiger partial charge in [-0.05, 0) is 58.7 Å². The minimum atomic E-state index is -0.289. The zero-order valence-electron chi connectivity index (χ0n) is 36.5. The van der Waals surface area contributed by atoms with E-state index in [4.69, 9.17) is 9.47 Å². The van der Waals surface area contributed by atoms with E-state index >= 15 is 0 Å². The van der Waals surface area contributed by atoms with E-state index in [1.165, 1.54) is 33.6 Å². The topological polar surface area (TPSA) is 111 Å². The lowest BCUT2D eigenvalue weighted by molar-refractivity contribution is -0.955. The number of hydrogen-bond acceptors (Lipinski definition) is 8. The highest BCUT2D eigenvalue weighted by Gasteiger charge is 2.81. The number of quaternary nitrogens is 2. The minimum absolute atomic E-state index is 0. The van der Waals surface area contributed by atoms with E-state index in [1.807, 2.05) is 24.3 Å². The Labute approximate surface area is 404 Å². The second-order valence-electron chi connectivity index (χ2n) is 21.6. The van der Waals surface area contributed by atoms with Gasteiger partial charge in [-0.2, -0.15) is 0 Å². The zero-order valence-corrected chi connectivity index (χ0v) is 39.7. The number of anilines is 2. The van der Waals surface area contributed by atoms with Gasteiger partial charge in [-0.1, -0.05) is 48.6 Å². The van der Waals surface area contributed by atoms with E-state index in [2.05, 4.69) is 70.5 Å². The summed E-state index contributed by atoms with van der Waals surface area (Å²) >= 11 is 0. The van der Waals surface area contributed by atoms with Gasteiger partial charge in [-0.25, -0.2) is 0 Å². The number of fused-ring (bicyclic) bond motifs is 6. The van der Waals surface area contributed by atoms with Crippen LogP contribution in [0.1, 0.15) is 47.9 Å². The highest BCUT2D eigenvalue weighted by atomic mass is 79.9. The predicted molar refractivity (Wildman–Crippen MR) is 238 cm³/mol. The van der Waals surface area contributed by atoms with Crippen LogP contribution in [-0.2, 0) is 33.4 Å². The summed E-state index contributed by atoms with van der Waals surface area (Å²) < 4.78 is 17.2. The number of ether oxygens (including phenoxy) is 2. The third-order valence-electron chi connectivity index (χ3n) is 19.8. The molecule has 11 aliphatic rings. The van der Waals surface area contributed by atoms with Crippen LogP contribution >= 0.6 is 0 Å². The molecule has 7 fully saturated rings. The molecule has 4 aromatic rings. The number of para-hydroxylation sites is 2. The van der Waals surface area contributed by atoms with Crippen molar-refractivity contribution in [1.29, 1.82) is 0 Å². The van der Waals surface area contributed by atoms with Crippen LogP contribution in [0.2, 0.25) is 0 Å². The van der Waals surface area contributed by atoms with Crippen LogP contribution in [0.4, 0.5) is 22.7 Å². The summed E-state index contributed by atoms with van der Waals surface area (Å²) in [6.07, 6.45) is 9.10. The van der Waals surface area contributed by atoms with Crippen molar-refractivity contribution in [2.75, 3.05) is 49.2 Å². The van der Waals surface area contributed by atoms with Crippen LogP contribution in [0.3, 0.4) is 0 Å². The molecule has 0 aromatic heterocycles. The molecule has 2 unspecified atom stereocenters. The van der Waals surface area contributed by atoms with Crippen LogP contribution in [0.5, 0.6) is 0 Å². The first-order valence-electron chi connectivity index (χ1n) is 23.8. The first-order valence-corrected chi connectivity index (χ1v) is 23.8. The molecule has 15 rings (SSSR count). The first-order chi connectivity index (χ1) is 31.2. The molecule has 4 bridgehead atoms. The molecule has 0 amide bonds. The normalized spacial score (nSPS) is 40.2. The molecule has 340 valence electrons. The fourth-order valence-corrected chi connectivity index (χ4v) is 18.0. The summed E-state index contributed by atoms with van der Waals surface area (Å²) in [7, 11) is 0. The Morgan fingerprint density at radius 3 is 1.41 bits per heavy atom. The Kier molecular flexibility index (Phi) is 8.90. The van der Waals surface area contributed by atoms with E-state index in [1.54, 1.807) is 35.4 Å². The number of non-ortho nitro benzene ring substituents is 2. The Morgan fingerprint density at radius 1 is 0.591 bits per heavy atom. The average molecular weight is 1020 g/mol. The minimum Gasteiger partial charge on any atom is -1.00 e. The lowest BCUT2D eigenvalue weighted by atomic mass is 9.52. The van der Waals surface area contributed by atoms with Crippen molar-refractivity contribution < 1.29 is 62.2 Å². The van der Waals surface area contributed by atoms with E-state index < -0.39 is 0 Å². The number of nitrogens with zero attached hydrogens (tertiary/aromatic N) is 6. The maximum atomic E-state index is 11.7. The van der Waals surface area contributed by atoms with Gasteiger partial charge in [0.05, 0.1) is 59.1 Å². The molecule has 2 aliphatic carbocycles. The Morgan fingerprint density at radius 2 is 1.00 bits per heavy atom. The van der Waals surface area contributed by atoms with Gasteiger partial charge >= 0.3 is 0 Å². The molecule has 14 heteroatoms. The summed E-state index contributed by atoms with van der Waals surface area (Å²) in [5.41, 5.74) is 11.2. The van der Waals surface area contributed by atoms with Crippen molar-refractivity contribution in [3.63, 3.8) is 0 Å². The summed E-state index contributed by atoms with van der Waals surface area (Å²) in [5, 5.41) is 23.4. The fraction of sp³-hybridized carbons (Fsp3) is 0.462. The second-order valence-corrected chi connectivity index (χ2v) is 21.6. The third-order valence-corrected chi connectivity index (χ3v) is 19.8. The molecule has 2 spiro atoms. The van der Waals surface area contributed by atoms with Gasteiger partial charge in [0.2, 0.25) is 0 Å². The van der Waals surface area contributed by atoms with Crippen LogP contribution < -0.4 is 43.8 Å². The highest BCUT2D eigenvalue weighted by Crippen LogP contribution is 2.73. The molecule has 14 atom stereocenters. The molecule has 2 saturated carbocycles. The number of nitro groups is 2. The summed E-state index contributed by atoms with van der Waals surface area (Å²) in [5.74, 6) is 1.14. The molecule has 5 saturated heterocycles. The van der Waals surface area contributed by atoms with E-state index in [0.29, 0.717) is 37.1 Å². The second kappa shape index (κ2) is 14.1. The van der Waals surface area contributed by atoms with Crippen molar-refractivity contribution in [3.8, 4) is 0 Å². The molecular formula is C52H52Br2N6O6. The van der Waals surface area contributed by atoms with Crippen molar-refractivity contribution in [1.82, 2.24) is 0 Å². The van der Waals surface area contributed by atoms with E-state index in [0.717, 1.165) is 73.9 Å². The number of rotatable bonds is 6. The molecule has 66 heavy (non-hydrogen) atoms. The number of piperidine rings is 2. The maximum Gasteiger partial charge on any atom is 0.269 e. The van der Waals surface area contributed by atoms with Crippen molar-refractivity contribution in [2.45, 2.75) is 86.2 Å². The van der Waals surface area contributed by atoms with Gasteiger partial charge in [0.1, 0.15) is 50.7 Å². The molecule has 4 aromatic carbocycles. The standard InChI is InChI=1S/C52H52N6O6.2BrH/c59-55(60)35-13-9-31(10-14-35)27-57-21-19-51-39-5-1-3-7-41(39)53-47(51)45-37(25-43(51)57)33(29-57)18-24-64-50(45)54-42-8-4-2-6-40(42)52-20-22-58(28-32-11-15-36(16-12-32)56(61)62)30-34-17-23-63-49(53)46(48(52)54)38(34)26-44(52)58;;/h1-18,37-38,43-50H,19-30H2;2*1H/q+2;;/p-2/t37-,38-,43-,44-,45+,46+,47-,48-,49+,50+,51+,52+,57?,58?;;/m0../s1. The van der Waals surface area contributed by atoms with Crippen molar-refractivity contribution in [3.05, 3.63) is 163 Å². The maximum absolute atomic E-state index is 11.7. The third kappa shape index (κ3) is 4.93. The lowest BCUT2D eigenvalue weighted by Crippen LogP contribution is -3.00. The van der Waals surface area contributed by atoms with Gasteiger partial charge in [0.15, 0.2) is 0 Å². The highest BCUT2D eigenvalue weighted by molar-refractivity contribution is 5.72. The van der Waals surface area contributed by atoms with Gasteiger partial charge in [-0.3, -0.25) is 20.2 Å². The Bertz CT molecular complexity index is 2620. The quantitative estimate of drug-likeness (QED) is 0.124. The number of halogens is 2. The number of nitro benzene ring substituents is 2. The van der Waals surface area contributed by atoms with Crippen LogP contribution in [-0.4, -0.2) is 94.8 Å². The SMILES string of the molecule is O=[N+]([O-])c1ccc(C[N+]23CC[C@@]45c6ccccc6N6[C@@H]7OCC=C8C[N+]9(Cc%10ccc([N+](=O)[O-])cc%10)CC[C@]%10%11c%12ccccc%12N([C@@H]%12OCC=C(C2)[C@H](C[C@@H]43)[C@@H]%12[C@H]65)[C@H]%10[C@H]7[C@H]8C[C@@H]%119)cc1.[Br-].[Br-]. The molecule has 12 nitrogen and oxygen atoms in total. The lowest BCUT2D eigenvalue weighted by Gasteiger charge is -2.65. The van der Waals surface area contributed by atoms with Crippen LogP contribution in [0.15, 0.2) is 120 Å². The number of benzene rings is 4. The summed E-state index contributed by atoms with van der Waals surface area (Å²) in [6.45, 7) is 7.01. The van der Waals surface area contributed by atoms with Gasteiger partial charge in [0, 0.05) is 96.1 Å². The van der Waals surface area contributed by atoms with E-state index in [-0.39, 0.29) is 102 Å². The average Bonchev–Trinajstić information content (AvgIpc) is 3.92. The van der Waals surface area contributed by atoms with Crippen LogP contribution in [0.25, 0.3) is 0 Å². The zero-order chi connectivity index (χ0) is 42.5. The first kappa shape index (κ1) is 41.7. The summed E-state index contributed by atoms with van der Waals surface area (Å²) in [6, 6.07) is 34.8. The van der Waals surface area contributed by atoms with Gasteiger partial charge in [0.25, 0.3) is 11.4 Å². The fourth-order valence-electron chi connectivity index (χ4n) is 18.0. The van der Waals surface area contributed by atoms with Gasteiger partial charge < -0.3 is 62.2 Å². The molecular weight excluding hydrogens is 964 g/mol. The molecule has 9 aliphatic heterocycles. The predicted octanol–water partition coefficient (Wildman–Crippen LogP) is 1.52. The smallest absolute Gasteiger partial charge is 0.269 e. The van der Waals surface area contributed by atoms with Gasteiger partial charge in [-0.15, -0.1) is 0 Å². The summed E-state index contributed by atoms with van der Waals surface area (Å²) in [4.78, 5) is 28.6. The Hall–Kier alpha value is -4.44. The monoisotopic (exact) mass is 1010 g/mol. The van der Waals surface area contributed by atoms with E-state index in [9.17, 15) is 20.2 Å². The van der Waals surface area contributed by atoms with Crippen molar-refractivity contribution in [2.24, 2.45) is 23.7 Å². The number of hydrogen-bond donors (Lipinski definition) is 0. The largest absolute Gasteiger partial charge is 1.00 e. The molecule has 0 N–H and O–H groups in total. The molecule has 9 heterocycles. The molecule has 0 radical (unpaired) electrons.